The highest BCUT2D eigenvalue weighted by Crippen LogP contribution is 2.31. The standard InChI is InChI=1S/C19H24N4O2/c1-12-13(2)21-19-17(15-6-8-16(25-5)9-7-15)14(3)22-23(19)18(12)20-10-11-24-4/h6-9,20H,10-11H2,1-5H3. The molecular weight excluding hydrogens is 316 g/mol. The zero-order valence-electron chi connectivity index (χ0n) is 15.4. The summed E-state index contributed by atoms with van der Waals surface area (Å²) in [5, 5.41) is 8.16. The normalized spacial score (nSPS) is 11.1. The van der Waals surface area contributed by atoms with Gasteiger partial charge in [0.1, 0.15) is 11.6 Å². The largest absolute Gasteiger partial charge is 0.497 e. The highest BCUT2D eigenvalue weighted by Gasteiger charge is 2.18. The summed E-state index contributed by atoms with van der Waals surface area (Å²) in [6.45, 7) is 7.44. The molecule has 0 aliphatic carbocycles. The van der Waals surface area contributed by atoms with Crippen molar-refractivity contribution in [1.29, 1.82) is 0 Å². The molecule has 0 aliphatic rings. The summed E-state index contributed by atoms with van der Waals surface area (Å²) in [4.78, 5) is 4.80. The quantitative estimate of drug-likeness (QED) is 0.697. The predicted octanol–water partition coefficient (Wildman–Crippen LogP) is 3.39. The summed E-state index contributed by atoms with van der Waals surface area (Å²) < 4.78 is 12.3. The van der Waals surface area contributed by atoms with Gasteiger partial charge in [-0.05, 0) is 38.5 Å². The molecule has 0 radical (unpaired) electrons. The van der Waals surface area contributed by atoms with Crippen molar-refractivity contribution >= 4 is 11.5 Å². The third-order valence-electron chi connectivity index (χ3n) is 4.40. The molecule has 0 atom stereocenters. The van der Waals surface area contributed by atoms with Crippen molar-refractivity contribution in [3.05, 3.63) is 41.2 Å². The Morgan fingerprint density at radius 1 is 1.04 bits per heavy atom. The van der Waals surface area contributed by atoms with Gasteiger partial charge >= 0.3 is 0 Å². The molecule has 0 aliphatic heterocycles. The van der Waals surface area contributed by atoms with Gasteiger partial charge in [0, 0.05) is 30.5 Å². The Morgan fingerprint density at radius 3 is 2.40 bits per heavy atom. The minimum Gasteiger partial charge on any atom is -0.497 e. The molecular formula is C19H24N4O2. The Hall–Kier alpha value is -2.60. The lowest BCUT2D eigenvalue weighted by molar-refractivity contribution is 0.210. The smallest absolute Gasteiger partial charge is 0.165 e. The number of aromatic nitrogens is 3. The molecule has 0 fully saturated rings. The van der Waals surface area contributed by atoms with Crippen LogP contribution in [-0.2, 0) is 4.74 Å². The highest BCUT2D eigenvalue weighted by molar-refractivity contribution is 5.81. The molecule has 1 aromatic carbocycles. The second-order valence-electron chi connectivity index (χ2n) is 6.01. The number of ether oxygens (including phenoxy) is 2. The molecule has 0 saturated carbocycles. The van der Waals surface area contributed by atoms with E-state index in [-0.39, 0.29) is 0 Å². The van der Waals surface area contributed by atoms with Gasteiger partial charge in [0.2, 0.25) is 0 Å². The molecule has 132 valence electrons. The molecule has 25 heavy (non-hydrogen) atoms. The first-order valence-corrected chi connectivity index (χ1v) is 8.30. The van der Waals surface area contributed by atoms with Crippen LogP contribution in [0.15, 0.2) is 24.3 Å². The molecule has 0 unspecified atom stereocenters. The number of benzene rings is 1. The summed E-state index contributed by atoms with van der Waals surface area (Å²) in [6, 6.07) is 7.99. The van der Waals surface area contributed by atoms with Crippen molar-refractivity contribution in [3.8, 4) is 16.9 Å². The van der Waals surface area contributed by atoms with Crippen LogP contribution >= 0.6 is 0 Å². The molecule has 0 spiro atoms. The van der Waals surface area contributed by atoms with Crippen molar-refractivity contribution in [2.75, 3.05) is 32.7 Å². The van der Waals surface area contributed by atoms with E-state index in [1.165, 1.54) is 0 Å². The van der Waals surface area contributed by atoms with Crippen LogP contribution < -0.4 is 10.1 Å². The number of hydrogen-bond acceptors (Lipinski definition) is 5. The van der Waals surface area contributed by atoms with Crippen LogP contribution in [0.3, 0.4) is 0 Å². The summed E-state index contributed by atoms with van der Waals surface area (Å²) in [7, 11) is 3.36. The van der Waals surface area contributed by atoms with E-state index in [0.29, 0.717) is 13.2 Å². The number of nitrogens with zero attached hydrogens (tertiary/aromatic N) is 3. The number of aryl methyl sites for hydroxylation is 2. The van der Waals surface area contributed by atoms with Crippen LogP contribution in [0.2, 0.25) is 0 Å². The maximum absolute atomic E-state index is 5.25. The van der Waals surface area contributed by atoms with Gasteiger partial charge in [0.25, 0.3) is 0 Å². The fraction of sp³-hybridized carbons (Fsp3) is 0.368. The van der Waals surface area contributed by atoms with Crippen LogP contribution in [0, 0.1) is 20.8 Å². The van der Waals surface area contributed by atoms with Crippen LogP contribution in [0.4, 0.5) is 5.82 Å². The van der Waals surface area contributed by atoms with Crippen molar-refractivity contribution in [2.45, 2.75) is 20.8 Å². The Bertz CT molecular complexity index is 885. The van der Waals surface area contributed by atoms with Gasteiger partial charge in [-0.2, -0.15) is 9.61 Å². The number of anilines is 1. The Labute approximate surface area is 147 Å². The second kappa shape index (κ2) is 7.11. The van der Waals surface area contributed by atoms with E-state index in [2.05, 4.69) is 12.2 Å². The van der Waals surface area contributed by atoms with Crippen molar-refractivity contribution in [3.63, 3.8) is 0 Å². The van der Waals surface area contributed by atoms with Crippen molar-refractivity contribution in [2.24, 2.45) is 0 Å². The number of fused-ring (bicyclic) bond motifs is 1. The molecule has 6 nitrogen and oxygen atoms in total. The van der Waals surface area contributed by atoms with Crippen molar-refractivity contribution < 1.29 is 9.47 Å². The average Bonchev–Trinajstić information content (AvgIpc) is 2.94. The first-order chi connectivity index (χ1) is 12.1. The van der Waals surface area contributed by atoms with Gasteiger partial charge < -0.3 is 14.8 Å². The second-order valence-corrected chi connectivity index (χ2v) is 6.01. The molecule has 0 bridgehead atoms. The van der Waals surface area contributed by atoms with Crippen molar-refractivity contribution in [1.82, 2.24) is 14.6 Å². The molecule has 3 aromatic rings. The Kier molecular flexibility index (Phi) is 4.90. The van der Waals surface area contributed by atoms with E-state index in [9.17, 15) is 0 Å². The van der Waals surface area contributed by atoms with Gasteiger partial charge in [0.15, 0.2) is 5.65 Å². The zero-order chi connectivity index (χ0) is 18.0. The van der Waals surface area contributed by atoms with Crippen LogP contribution in [0.5, 0.6) is 5.75 Å². The predicted molar refractivity (Wildman–Crippen MR) is 99.6 cm³/mol. The van der Waals surface area contributed by atoms with E-state index in [4.69, 9.17) is 19.6 Å². The van der Waals surface area contributed by atoms with Gasteiger partial charge in [-0.1, -0.05) is 12.1 Å². The lowest BCUT2D eigenvalue weighted by Gasteiger charge is -2.13. The van der Waals surface area contributed by atoms with E-state index >= 15 is 0 Å². The van der Waals surface area contributed by atoms with Crippen LogP contribution in [-0.4, -0.2) is 42.0 Å². The fourth-order valence-electron chi connectivity index (χ4n) is 2.92. The Morgan fingerprint density at radius 2 is 1.76 bits per heavy atom. The van der Waals surface area contributed by atoms with E-state index in [1.54, 1.807) is 14.2 Å². The molecule has 2 aromatic heterocycles. The molecule has 3 rings (SSSR count). The topological polar surface area (TPSA) is 60.7 Å². The first-order valence-electron chi connectivity index (χ1n) is 8.30. The molecule has 2 heterocycles. The minimum atomic E-state index is 0.633. The molecule has 0 saturated heterocycles. The van der Waals surface area contributed by atoms with Gasteiger partial charge in [-0.25, -0.2) is 4.98 Å². The monoisotopic (exact) mass is 340 g/mol. The number of methoxy groups -OCH3 is 2. The third kappa shape index (κ3) is 3.17. The maximum atomic E-state index is 5.25. The van der Waals surface area contributed by atoms with Crippen LogP contribution in [0.25, 0.3) is 16.8 Å². The fourth-order valence-corrected chi connectivity index (χ4v) is 2.92. The van der Waals surface area contributed by atoms with Gasteiger partial charge in [-0.15, -0.1) is 0 Å². The molecule has 6 heteroatoms. The third-order valence-corrected chi connectivity index (χ3v) is 4.40. The van der Waals surface area contributed by atoms with Crippen LogP contribution in [0.1, 0.15) is 17.0 Å². The summed E-state index contributed by atoms with van der Waals surface area (Å²) in [5.41, 5.74) is 5.99. The number of hydrogen-bond donors (Lipinski definition) is 1. The SMILES string of the molecule is COCCNc1c(C)c(C)nc2c(-c3ccc(OC)cc3)c(C)nn12. The number of nitrogens with one attached hydrogen (secondary N) is 1. The van der Waals surface area contributed by atoms with E-state index in [0.717, 1.165) is 45.3 Å². The van der Waals surface area contributed by atoms with E-state index in [1.807, 2.05) is 42.6 Å². The summed E-state index contributed by atoms with van der Waals surface area (Å²) >= 11 is 0. The van der Waals surface area contributed by atoms with Gasteiger partial charge in [0.05, 0.1) is 19.4 Å². The zero-order valence-corrected chi connectivity index (χ0v) is 15.4. The summed E-state index contributed by atoms with van der Waals surface area (Å²) in [5.74, 6) is 1.79. The van der Waals surface area contributed by atoms with E-state index < -0.39 is 0 Å². The molecule has 0 amide bonds. The maximum Gasteiger partial charge on any atom is 0.165 e. The number of rotatable bonds is 6. The average molecular weight is 340 g/mol. The highest BCUT2D eigenvalue weighted by atomic mass is 16.5. The molecule has 1 N–H and O–H groups in total. The summed E-state index contributed by atoms with van der Waals surface area (Å²) in [6.07, 6.45) is 0. The van der Waals surface area contributed by atoms with Gasteiger partial charge in [-0.3, -0.25) is 0 Å². The first kappa shape index (κ1) is 17.2. The lowest BCUT2D eigenvalue weighted by Crippen LogP contribution is -2.14. The Balaban J connectivity index is 2.15. The minimum absolute atomic E-state index is 0.633. The lowest BCUT2D eigenvalue weighted by atomic mass is 10.1.